The molecule has 29 heavy (non-hydrogen) atoms. The van der Waals surface area contributed by atoms with Crippen LogP contribution in [0.5, 0.6) is 5.75 Å². The van der Waals surface area contributed by atoms with Crippen molar-refractivity contribution in [2.75, 3.05) is 0 Å². The van der Waals surface area contributed by atoms with Gasteiger partial charge in [0.15, 0.2) is 5.82 Å². The number of hydrogen-bond acceptors (Lipinski definition) is 5. The van der Waals surface area contributed by atoms with Crippen LogP contribution >= 0.6 is 23.2 Å². The number of phenols is 1. The maximum Gasteiger partial charge on any atom is 0.204 e. The van der Waals surface area contributed by atoms with Gasteiger partial charge in [-0.3, -0.25) is 0 Å². The fraction of sp³-hybridized carbons (Fsp3) is 0.238. The Morgan fingerprint density at radius 2 is 1.86 bits per heavy atom. The number of aryl methyl sites for hydroxylation is 1. The molecule has 8 heteroatoms. The van der Waals surface area contributed by atoms with Gasteiger partial charge in [0.2, 0.25) is 5.82 Å². The fourth-order valence-corrected chi connectivity index (χ4v) is 3.38. The van der Waals surface area contributed by atoms with Crippen LogP contribution in [0, 0.1) is 6.92 Å². The molecule has 0 unspecified atom stereocenters. The molecule has 1 aromatic heterocycles. The highest BCUT2D eigenvalue weighted by Crippen LogP contribution is 2.33. The van der Waals surface area contributed by atoms with E-state index in [1.54, 1.807) is 25.1 Å². The summed E-state index contributed by atoms with van der Waals surface area (Å²) < 4.78 is 0. The third-order valence-corrected chi connectivity index (χ3v) is 4.99. The smallest absolute Gasteiger partial charge is 0.204 e. The highest BCUT2D eigenvalue weighted by molar-refractivity contribution is 6.54. The molecule has 1 aliphatic rings. The van der Waals surface area contributed by atoms with Gasteiger partial charge in [-0.2, -0.15) is 0 Å². The molecule has 0 saturated heterocycles. The van der Waals surface area contributed by atoms with E-state index in [1.807, 2.05) is 39.0 Å². The molecule has 148 valence electrons. The van der Waals surface area contributed by atoms with Crippen LogP contribution in [0.4, 0.5) is 5.69 Å². The zero-order valence-corrected chi connectivity index (χ0v) is 17.9. The van der Waals surface area contributed by atoms with Crippen LogP contribution in [0.2, 0.25) is 10.0 Å². The van der Waals surface area contributed by atoms with E-state index in [4.69, 9.17) is 33.2 Å². The van der Waals surface area contributed by atoms with E-state index in [9.17, 15) is 5.11 Å². The van der Waals surface area contributed by atoms with Crippen LogP contribution in [0.25, 0.3) is 0 Å². The molecular weight excluding hydrogens is 409 g/mol. The van der Waals surface area contributed by atoms with Crippen LogP contribution in [0.3, 0.4) is 0 Å². The van der Waals surface area contributed by atoms with E-state index in [-0.39, 0.29) is 16.2 Å². The Balaban J connectivity index is 1.91. The summed E-state index contributed by atoms with van der Waals surface area (Å²) in [6.45, 7) is 7.89. The second-order valence-corrected chi connectivity index (χ2v) is 8.75. The quantitative estimate of drug-likeness (QED) is 0.603. The minimum atomic E-state index is -0.230. The van der Waals surface area contributed by atoms with Gasteiger partial charge in [-0.05, 0) is 36.8 Å². The average Bonchev–Trinajstić information content (AvgIpc) is 3.19. The Labute approximate surface area is 178 Å². The van der Waals surface area contributed by atoms with Crippen LogP contribution in [-0.2, 0) is 5.41 Å². The van der Waals surface area contributed by atoms with Gasteiger partial charge >= 0.3 is 0 Å². The van der Waals surface area contributed by atoms with Crippen LogP contribution in [0.1, 0.15) is 43.5 Å². The van der Waals surface area contributed by atoms with E-state index in [2.05, 4.69) is 10.2 Å². The topological polar surface area (TPSA) is 75.7 Å². The highest BCUT2D eigenvalue weighted by Gasteiger charge is 2.31. The second kappa shape index (κ2) is 6.97. The molecule has 6 nitrogen and oxygen atoms in total. The molecule has 2 heterocycles. The predicted octanol–water partition coefficient (Wildman–Crippen LogP) is 5.28. The zero-order chi connectivity index (χ0) is 20.9. The van der Waals surface area contributed by atoms with E-state index < -0.39 is 0 Å². The zero-order valence-electron chi connectivity index (χ0n) is 16.4. The summed E-state index contributed by atoms with van der Waals surface area (Å²) in [5.74, 6) is 1.27. The van der Waals surface area contributed by atoms with Gasteiger partial charge in [-0.25, -0.2) is 9.98 Å². The lowest BCUT2D eigenvalue weighted by atomic mass is 9.96. The first-order valence-electron chi connectivity index (χ1n) is 9.04. The minimum Gasteiger partial charge on any atom is -0.506 e. The van der Waals surface area contributed by atoms with E-state index >= 15 is 0 Å². The maximum absolute atomic E-state index is 9.96. The minimum absolute atomic E-state index is 0.0453. The molecule has 0 saturated carbocycles. The number of benzene rings is 2. The number of phenolic OH excluding ortho intramolecular Hbond substituents is 1. The van der Waals surface area contributed by atoms with Crippen molar-refractivity contribution in [2.24, 2.45) is 10.1 Å². The van der Waals surface area contributed by atoms with Gasteiger partial charge in [0.05, 0.1) is 10.7 Å². The molecule has 4 rings (SSSR count). The van der Waals surface area contributed by atoms with Crippen molar-refractivity contribution in [2.45, 2.75) is 33.1 Å². The van der Waals surface area contributed by atoms with Crippen LogP contribution in [-0.4, -0.2) is 31.4 Å². The summed E-state index contributed by atoms with van der Waals surface area (Å²) in [4.78, 5) is 11.0. The number of aromatic nitrogens is 3. The molecule has 0 amide bonds. The number of aromatic hydroxyl groups is 1. The van der Waals surface area contributed by atoms with Crippen LogP contribution in [0.15, 0.2) is 46.5 Å². The van der Waals surface area contributed by atoms with Gasteiger partial charge in [0.1, 0.15) is 17.2 Å². The number of fused-ring (bicyclic) bond motifs is 1. The summed E-state index contributed by atoms with van der Waals surface area (Å²) in [7, 11) is 0. The van der Waals surface area contributed by atoms with Crippen molar-refractivity contribution in [3.63, 3.8) is 0 Å². The summed E-state index contributed by atoms with van der Waals surface area (Å²) in [5.41, 5.74) is 2.98. The first-order valence-corrected chi connectivity index (χ1v) is 9.80. The Bertz CT molecular complexity index is 1170. The van der Waals surface area contributed by atoms with Crippen molar-refractivity contribution >= 4 is 40.3 Å². The van der Waals surface area contributed by atoms with Gasteiger partial charge in [-0.15, -0.1) is 15.0 Å². The molecule has 2 aromatic carbocycles. The Morgan fingerprint density at radius 1 is 1.10 bits per heavy atom. The molecule has 0 bridgehead atoms. The van der Waals surface area contributed by atoms with E-state index in [0.29, 0.717) is 39.3 Å². The van der Waals surface area contributed by atoms with Gasteiger partial charge < -0.3 is 5.11 Å². The summed E-state index contributed by atoms with van der Waals surface area (Å²) in [5, 5.41) is 20.0. The average molecular weight is 428 g/mol. The van der Waals surface area contributed by atoms with Crippen molar-refractivity contribution in [3.05, 3.63) is 69.2 Å². The predicted molar refractivity (Wildman–Crippen MR) is 116 cm³/mol. The van der Waals surface area contributed by atoms with Gasteiger partial charge in [-0.1, -0.05) is 56.1 Å². The Kier molecular flexibility index (Phi) is 4.71. The molecule has 0 fully saturated rings. The van der Waals surface area contributed by atoms with Crippen molar-refractivity contribution in [3.8, 4) is 5.75 Å². The standard InChI is InChI=1S/C21H19Cl2N5O/c1-11-8-14(10-15(23)18(11)29)24-17-16(12-6-5-7-13(22)9-12)26-28-19(17)25-20(27-28)21(2,3)4/h5-10,29H,1-4H3. The third kappa shape index (κ3) is 3.66. The first-order chi connectivity index (χ1) is 13.6. The lowest BCUT2D eigenvalue weighted by molar-refractivity contribution is 0.471. The lowest BCUT2D eigenvalue weighted by Crippen LogP contribution is -2.17. The molecule has 0 aliphatic carbocycles. The first kappa shape index (κ1) is 19.6. The number of aliphatic imine (C=N–C) groups is 1. The normalized spacial score (nSPS) is 15.0. The molecule has 1 aliphatic heterocycles. The third-order valence-electron chi connectivity index (χ3n) is 4.47. The van der Waals surface area contributed by atoms with Crippen molar-refractivity contribution < 1.29 is 5.11 Å². The molecule has 0 spiro atoms. The number of halogens is 2. The number of hydrogen-bond donors (Lipinski definition) is 1. The fourth-order valence-electron chi connectivity index (χ4n) is 2.93. The van der Waals surface area contributed by atoms with Crippen molar-refractivity contribution in [1.29, 1.82) is 0 Å². The molecule has 3 aromatic rings. The Hall–Kier alpha value is -2.70. The second-order valence-electron chi connectivity index (χ2n) is 7.91. The Morgan fingerprint density at radius 3 is 2.52 bits per heavy atom. The summed E-state index contributed by atoms with van der Waals surface area (Å²) >= 11 is 12.3. The highest BCUT2D eigenvalue weighted by atomic mass is 35.5. The molecule has 0 radical (unpaired) electrons. The molecular formula is C21H19Cl2N5O. The van der Waals surface area contributed by atoms with E-state index in [1.165, 1.54) is 4.79 Å². The van der Waals surface area contributed by atoms with Gasteiger partial charge in [0, 0.05) is 16.0 Å². The number of nitrogens with zero attached hydrogens (tertiary/aromatic N) is 5. The van der Waals surface area contributed by atoms with Crippen LogP contribution < -0.4 is 0 Å². The summed E-state index contributed by atoms with van der Waals surface area (Å²) in [6.07, 6.45) is 0. The SMILES string of the molecule is Cc1cc(N=C2C(c3cccc(Cl)c3)=Nn3nc(C(C)(C)C)nc32)cc(Cl)c1O. The van der Waals surface area contributed by atoms with Gasteiger partial charge in [0.25, 0.3) is 0 Å². The number of rotatable bonds is 2. The van der Waals surface area contributed by atoms with E-state index in [0.717, 1.165) is 5.56 Å². The lowest BCUT2D eigenvalue weighted by Gasteiger charge is -2.12. The van der Waals surface area contributed by atoms with Crippen molar-refractivity contribution in [1.82, 2.24) is 14.9 Å². The summed E-state index contributed by atoms with van der Waals surface area (Å²) in [6, 6.07) is 10.8. The molecule has 1 N–H and O–H groups in total. The molecule has 0 atom stereocenters. The largest absolute Gasteiger partial charge is 0.506 e. The monoisotopic (exact) mass is 427 g/mol. The maximum atomic E-state index is 9.96.